The summed E-state index contributed by atoms with van der Waals surface area (Å²) in [4.78, 5) is 0. The summed E-state index contributed by atoms with van der Waals surface area (Å²) in [5.74, 6) is 0. The van der Waals surface area contributed by atoms with Crippen molar-refractivity contribution in [1.29, 1.82) is 10.5 Å². The molecular weight excluding hydrogens is 224 g/mol. The van der Waals surface area contributed by atoms with E-state index in [-0.39, 0.29) is 5.57 Å². The number of nitrogens with zero attached hydrogens (tertiary/aromatic N) is 2. The minimum absolute atomic E-state index is 0.0720. The number of hydrogen-bond donors (Lipinski definition) is 2. The second-order valence-corrected chi connectivity index (χ2v) is 4.25. The molecule has 0 saturated heterocycles. The summed E-state index contributed by atoms with van der Waals surface area (Å²) in [6, 6.07) is 7.86. The molecular formula is C14H14N4. The molecule has 2 rings (SSSR count). The van der Waals surface area contributed by atoms with Crippen molar-refractivity contribution in [3.8, 4) is 12.1 Å². The predicted octanol–water partition coefficient (Wildman–Crippen LogP) is 2.70. The number of aryl methyl sites for hydroxylation is 2. The maximum Gasteiger partial charge on any atom is 0.145 e. The van der Waals surface area contributed by atoms with E-state index in [9.17, 15) is 0 Å². The lowest BCUT2D eigenvalue weighted by Gasteiger charge is -2.22. The van der Waals surface area contributed by atoms with Crippen LogP contribution in [0.1, 0.15) is 17.5 Å². The van der Waals surface area contributed by atoms with Gasteiger partial charge in [0.25, 0.3) is 0 Å². The van der Waals surface area contributed by atoms with Gasteiger partial charge >= 0.3 is 0 Å². The van der Waals surface area contributed by atoms with Gasteiger partial charge in [-0.15, -0.1) is 0 Å². The lowest BCUT2D eigenvalue weighted by Crippen LogP contribution is -2.14. The van der Waals surface area contributed by atoms with Crippen molar-refractivity contribution in [1.82, 2.24) is 0 Å². The number of nitrogens with one attached hydrogen (secondary N) is 2. The zero-order chi connectivity index (χ0) is 13.0. The maximum atomic E-state index is 8.72. The minimum Gasteiger partial charge on any atom is -0.383 e. The van der Waals surface area contributed by atoms with Gasteiger partial charge in [-0.2, -0.15) is 10.5 Å². The van der Waals surface area contributed by atoms with Gasteiger partial charge in [-0.25, -0.2) is 0 Å². The molecule has 0 atom stereocenters. The monoisotopic (exact) mass is 238 g/mol. The van der Waals surface area contributed by atoms with Gasteiger partial charge in [-0.1, -0.05) is 12.1 Å². The van der Waals surface area contributed by atoms with Gasteiger partial charge in [-0.3, -0.25) is 0 Å². The number of fused-ring (bicyclic) bond motifs is 1. The van der Waals surface area contributed by atoms with Crippen molar-refractivity contribution in [2.24, 2.45) is 0 Å². The van der Waals surface area contributed by atoms with Crippen molar-refractivity contribution in [2.75, 3.05) is 17.2 Å². The molecule has 1 aliphatic heterocycles. The average molecular weight is 238 g/mol. The van der Waals surface area contributed by atoms with E-state index < -0.39 is 0 Å². The standard InChI is InChI=1S/C14H14N4/c1-10-4-5-12-3-2-6-17-14(12)13(10)18-9-11(7-15)8-16/h4-5,9,17-18H,2-3,6H2,1H3. The summed E-state index contributed by atoms with van der Waals surface area (Å²) in [5.41, 5.74) is 4.48. The minimum atomic E-state index is 0.0720. The molecule has 1 aromatic rings. The van der Waals surface area contributed by atoms with Crippen LogP contribution in [0.2, 0.25) is 0 Å². The number of nitriles is 2. The molecule has 0 fully saturated rings. The molecule has 0 radical (unpaired) electrons. The van der Waals surface area contributed by atoms with Crippen molar-refractivity contribution in [2.45, 2.75) is 19.8 Å². The molecule has 0 spiro atoms. The molecule has 0 aromatic heterocycles. The lowest BCUT2D eigenvalue weighted by atomic mass is 9.99. The second-order valence-electron chi connectivity index (χ2n) is 4.25. The van der Waals surface area contributed by atoms with Crippen LogP contribution in [0.25, 0.3) is 0 Å². The number of hydrogen-bond acceptors (Lipinski definition) is 4. The highest BCUT2D eigenvalue weighted by atomic mass is 15.0. The van der Waals surface area contributed by atoms with Crippen molar-refractivity contribution >= 4 is 11.4 Å². The normalized spacial score (nSPS) is 12.4. The molecule has 0 unspecified atom stereocenters. The molecule has 1 aliphatic rings. The summed E-state index contributed by atoms with van der Waals surface area (Å²) in [5, 5.41) is 23.9. The SMILES string of the molecule is Cc1ccc2c(c1NC=C(C#N)C#N)NCCC2. The zero-order valence-corrected chi connectivity index (χ0v) is 10.2. The van der Waals surface area contributed by atoms with Crippen LogP contribution in [-0.2, 0) is 6.42 Å². The number of benzene rings is 1. The fourth-order valence-electron chi connectivity index (χ4n) is 2.07. The van der Waals surface area contributed by atoms with Crippen LogP contribution in [0.3, 0.4) is 0 Å². The Labute approximate surface area is 107 Å². The van der Waals surface area contributed by atoms with Gasteiger partial charge < -0.3 is 10.6 Å². The van der Waals surface area contributed by atoms with Gasteiger partial charge in [0.1, 0.15) is 17.7 Å². The molecule has 1 heterocycles. The first-order valence-corrected chi connectivity index (χ1v) is 5.89. The van der Waals surface area contributed by atoms with Crippen LogP contribution in [0.4, 0.5) is 11.4 Å². The first-order chi connectivity index (χ1) is 8.76. The zero-order valence-electron chi connectivity index (χ0n) is 10.2. The van der Waals surface area contributed by atoms with Gasteiger partial charge in [0, 0.05) is 12.7 Å². The molecule has 0 amide bonds. The van der Waals surface area contributed by atoms with Crippen LogP contribution in [-0.4, -0.2) is 6.54 Å². The first kappa shape index (κ1) is 12.0. The van der Waals surface area contributed by atoms with Crippen molar-refractivity contribution < 1.29 is 0 Å². The number of allylic oxidation sites excluding steroid dienone is 1. The number of rotatable bonds is 2. The van der Waals surface area contributed by atoms with E-state index in [1.54, 1.807) is 0 Å². The van der Waals surface area contributed by atoms with Gasteiger partial charge in [0.05, 0.1) is 11.4 Å². The molecule has 1 aromatic carbocycles. The Morgan fingerprint density at radius 3 is 2.89 bits per heavy atom. The van der Waals surface area contributed by atoms with E-state index in [0.29, 0.717) is 0 Å². The van der Waals surface area contributed by atoms with Gasteiger partial charge in [0.15, 0.2) is 0 Å². The second kappa shape index (κ2) is 5.25. The Balaban J connectivity index is 2.36. The summed E-state index contributed by atoms with van der Waals surface area (Å²) >= 11 is 0. The molecule has 90 valence electrons. The molecule has 0 aliphatic carbocycles. The van der Waals surface area contributed by atoms with Crippen LogP contribution >= 0.6 is 0 Å². The Bertz CT molecular complexity index is 557. The Hall–Kier alpha value is -2.46. The lowest BCUT2D eigenvalue weighted by molar-refractivity contribution is 0.830. The molecule has 4 heteroatoms. The van der Waals surface area contributed by atoms with E-state index in [0.717, 1.165) is 36.3 Å². The topological polar surface area (TPSA) is 71.6 Å². The fraction of sp³-hybridized carbons (Fsp3) is 0.286. The van der Waals surface area contributed by atoms with E-state index in [1.165, 1.54) is 11.8 Å². The molecule has 0 bridgehead atoms. The Morgan fingerprint density at radius 2 is 2.17 bits per heavy atom. The van der Waals surface area contributed by atoms with E-state index in [4.69, 9.17) is 10.5 Å². The van der Waals surface area contributed by atoms with Crippen LogP contribution in [0, 0.1) is 29.6 Å². The van der Waals surface area contributed by atoms with E-state index in [2.05, 4.69) is 22.8 Å². The largest absolute Gasteiger partial charge is 0.383 e. The highest BCUT2D eigenvalue weighted by Crippen LogP contribution is 2.33. The van der Waals surface area contributed by atoms with Gasteiger partial charge in [0.2, 0.25) is 0 Å². The van der Waals surface area contributed by atoms with Crippen molar-refractivity contribution in [3.05, 3.63) is 35.0 Å². The summed E-state index contributed by atoms with van der Waals surface area (Å²) in [7, 11) is 0. The first-order valence-electron chi connectivity index (χ1n) is 5.89. The summed E-state index contributed by atoms with van der Waals surface area (Å²) in [6.45, 7) is 2.96. The van der Waals surface area contributed by atoms with Crippen LogP contribution in [0.5, 0.6) is 0 Å². The fourth-order valence-corrected chi connectivity index (χ4v) is 2.07. The van der Waals surface area contributed by atoms with Crippen molar-refractivity contribution in [3.63, 3.8) is 0 Å². The Morgan fingerprint density at radius 1 is 1.39 bits per heavy atom. The summed E-state index contributed by atoms with van der Waals surface area (Å²) < 4.78 is 0. The molecule has 4 nitrogen and oxygen atoms in total. The highest BCUT2D eigenvalue weighted by Gasteiger charge is 2.13. The third-order valence-corrected chi connectivity index (χ3v) is 3.03. The van der Waals surface area contributed by atoms with Gasteiger partial charge in [-0.05, 0) is 30.9 Å². The Kier molecular flexibility index (Phi) is 3.50. The molecule has 18 heavy (non-hydrogen) atoms. The van der Waals surface area contributed by atoms with Crippen LogP contribution in [0.15, 0.2) is 23.9 Å². The van der Waals surface area contributed by atoms with E-state index in [1.807, 2.05) is 19.1 Å². The molecule has 0 saturated carbocycles. The molecule has 2 N–H and O–H groups in total. The summed E-state index contributed by atoms with van der Waals surface area (Å²) in [6.07, 6.45) is 3.65. The smallest absolute Gasteiger partial charge is 0.145 e. The third kappa shape index (κ3) is 2.28. The maximum absolute atomic E-state index is 8.72. The predicted molar refractivity (Wildman–Crippen MR) is 70.9 cm³/mol. The number of anilines is 2. The quantitative estimate of drug-likeness (QED) is 0.777. The highest BCUT2D eigenvalue weighted by molar-refractivity contribution is 5.77. The van der Waals surface area contributed by atoms with Crippen LogP contribution < -0.4 is 10.6 Å². The average Bonchev–Trinajstić information content (AvgIpc) is 2.42. The third-order valence-electron chi connectivity index (χ3n) is 3.03. The van der Waals surface area contributed by atoms with E-state index >= 15 is 0 Å².